The molecule has 1 aromatic heterocycles. The van der Waals surface area contributed by atoms with Gasteiger partial charge in [0.25, 0.3) is 0 Å². The third-order valence-electron chi connectivity index (χ3n) is 3.48. The molecular formula is C19H18N2. The van der Waals surface area contributed by atoms with Gasteiger partial charge >= 0.3 is 0 Å². The van der Waals surface area contributed by atoms with Crippen molar-refractivity contribution in [1.82, 2.24) is 4.98 Å². The van der Waals surface area contributed by atoms with E-state index in [4.69, 9.17) is 0 Å². The number of nitrogens with zero attached hydrogens (tertiary/aromatic N) is 2. The molecular weight excluding hydrogens is 256 g/mol. The molecule has 1 heterocycles. The molecule has 21 heavy (non-hydrogen) atoms. The second-order valence-corrected chi connectivity index (χ2v) is 5.25. The van der Waals surface area contributed by atoms with Crippen molar-refractivity contribution < 1.29 is 0 Å². The number of hydrogen-bond acceptors (Lipinski definition) is 2. The molecule has 0 saturated heterocycles. The van der Waals surface area contributed by atoms with Crippen LogP contribution in [-0.4, -0.2) is 19.1 Å². The molecule has 0 saturated carbocycles. The van der Waals surface area contributed by atoms with E-state index in [-0.39, 0.29) is 0 Å². The van der Waals surface area contributed by atoms with Gasteiger partial charge in [-0.1, -0.05) is 42.5 Å². The molecule has 3 rings (SSSR count). The lowest BCUT2D eigenvalue weighted by Crippen LogP contribution is -2.07. The van der Waals surface area contributed by atoms with Crippen LogP contribution < -0.4 is 4.90 Å². The molecule has 0 bridgehead atoms. The Morgan fingerprint density at radius 2 is 1.57 bits per heavy atom. The summed E-state index contributed by atoms with van der Waals surface area (Å²) in [6, 6.07) is 20.8. The van der Waals surface area contributed by atoms with Crippen LogP contribution in [0.25, 0.3) is 23.1 Å². The highest BCUT2D eigenvalue weighted by atomic mass is 15.1. The predicted octanol–water partition coefficient (Wildman–Crippen LogP) is 4.47. The van der Waals surface area contributed by atoms with E-state index in [0.717, 1.165) is 11.2 Å². The summed E-state index contributed by atoms with van der Waals surface area (Å²) in [5.41, 5.74) is 4.39. The van der Waals surface area contributed by atoms with E-state index < -0.39 is 0 Å². The number of anilines is 1. The van der Waals surface area contributed by atoms with Crippen LogP contribution in [0.3, 0.4) is 0 Å². The fourth-order valence-electron chi connectivity index (χ4n) is 2.24. The zero-order chi connectivity index (χ0) is 14.7. The Morgan fingerprint density at radius 1 is 0.810 bits per heavy atom. The van der Waals surface area contributed by atoms with Crippen molar-refractivity contribution in [3.63, 3.8) is 0 Å². The lowest BCUT2D eigenvalue weighted by atomic mass is 10.1. The first kappa shape index (κ1) is 13.4. The highest BCUT2D eigenvalue weighted by molar-refractivity contribution is 5.80. The van der Waals surface area contributed by atoms with Crippen LogP contribution in [-0.2, 0) is 0 Å². The van der Waals surface area contributed by atoms with Crippen LogP contribution in [0, 0.1) is 0 Å². The quantitative estimate of drug-likeness (QED) is 0.700. The molecule has 0 fully saturated rings. The van der Waals surface area contributed by atoms with E-state index in [0.29, 0.717) is 0 Å². The smallest absolute Gasteiger partial charge is 0.0709 e. The van der Waals surface area contributed by atoms with E-state index in [1.54, 1.807) is 0 Å². The summed E-state index contributed by atoms with van der Waals surface area (Å²) in [7, 11) is 4.09. The third-order valence-corrected chi connectivity index (χ3v) is 3.48. The Kier molecular flexibility index (Phi) is 3.69. The van der Waals surface area contributed by atoms with Gasteiger partial charge < -0.3 is 4.90 Å². The Balaban J connectivity index is 1.83. The number of fused-ring (bicyclic) bond motifs is 1. The van der Waals surface area contributed by atoms with Gasteiger partial charge in [-0.2, -0.15) is 0 Å². The molecule has 0 N–H and O–H groups in total. The van der Waals surface area contributed by atoms with E-state index in [9.17, 15) is 0 Å². The van der Waals surface area contributed by atoms with Gasteiger partial charge in [0.1, 0.15) is 0 Å². The van der Waals surface area contributed by atoms with Crippen LogP contribution in [0.2, 0.25) is 0 Å². The normalized spacial score (nSPS) is 11.1. The van der Waals surface area contributed by atoms with Gasteiger partial charge in [0.2, 0.25) is 0 Å². The van der Waals surface area contributed by atoms with Crippen molar-refractivity contribution >= 4 is 28.7 Å². The molecule has 104 valence electrons. The first-order valence-electron chi connectivity index (χ1n) is 7.04. The van der Waals surface area contributed by atoms with Gasteiger partial charge in [-0.3, -0.25) is 0 Å². The standard InChI is InChI=1S/C19H18N2/c1-21(2)18-13-8-15(9-14-18)7-11-17-12-10-16-5-3-4-6-19(16)20-17/h3-14H,1-2H3. The molecule has 0 unspecified atom stereocenters. The first-order chi connectivity index (χ1) is 10.2. The van der Waals surface area contributed by atoms with Gasteiger partial charge in [-0.15, -0.1) is 0 Å². The average Bonchev–Trinajstić information content (AvgIpc) is 2.53. The number of hydrogen-bond donors (Lipinski definition) is 0. The summed E-state index contributed by atoms with van der Waals surface area (Å²) >= 11 is 0. The first-order valence-corrected chi connectivity index (χ1v) is 7.04. The van der Waals surface area contributed by atoms with Gasteiger partial charge in [0.15, 0.2) is 0 Å². The fraction of sp³-hybridized carbons (Fsp3) is 0.105. The van der Waals surface area contributed by atoms with Crippen LogP contribution in [0.4, 0.5) is 5.69 Å². The molecule has 0 spiro atoms. The average molecular weight is 274 g/mol. The minimum atomic E-state index is 0.977. The molecule has 0 amide bonds. The lowest BCUT2D eigenvalue weighted by Gasteiger charge is -2.11. The van der Waals surface area contributed by atoms with Gasteiger partial charge in [-0.25, -0.2) is 4.98 Å². The van der Waals surface area contributed by atoms with E-state index in [1.807, 2.05) is 38.4 Å². The second kappa shape index (κ2) is 5.80. The predicted molar refractivity (Wildman–Crippen MR) is 91.4 cm³/mol. The summed E-state index contributed by atoms with van der Waals surface area (Å²) in [4.78, 5) is 6.74. The van der Waals surface area contributed by atoms with Crippen LogP contribution in [0.5, 0.6) is 0 Å². The highest BCUT2D eigenvalue weighted by Crippen LogP contribution is 2.16. The molecule has 2 nitrogen and oxygen atoms in total. The Morgan fingerprint density at radius 3 is 2.33 bits per heavy atom. The third kappa shape index (κ3) is 3.11. The van der Waals surface area contributed by atoms with Crippen molar-refractivity contribution in [3.05, 3.63) is 71.9 Å². The summed E-state index contributed by atoms with van der Waals surface area (Å²) in [6.07, 6.45) is 4.15. The summed E-state index contributed by atoms with van der Waals surface area (Å²) in [6.45, 7) is 0. The summed E-state index contributed by atoms with van der Waals surface area (Å²) in [5.74, 6) is 0. The fourth-order valence-corrected chi connectivity index (χ4v) is 2.24. The Hall–Kier alpha value is -2.61. The Bertz CT molecular complexity index is 771. The van der Waals surface area contributed by atoms with Gasteiger partial charge in [0.05, 0.1) is 11.2 Å². The lowest BCUT2D eigenvalue weighted by molar-refractivity contribution is 1.13. The van der Waals surface area contributed by atoms with Crippen molar-refractivity contribution in [3.8, 4) is 0 Å². The zero-order valence-electron chi connectivity index (χ0n) is 12.3. The van der Waals surface area contributed by atoms with E-state index in [1.165, 1.54) is 16.6 Å². The van der Waals surface area contributed by atoms with Crippen LogP contribution in [0.15, 0.2) is 60.7 Å². The number of aromatic nitrogens is 1. The van der Waals surface area contributed by atoms with Crippen molar-refractivity contribution in [2.45, 2.75) is 0 Å². The maximum absolute atomic E-state index is 4.64. The number of rotatable bonds is 3. The molecule has 0 aliphatic carbocycles. The number of benzene rings is 2. The Labute approximate surface area is 125 Å². The SMILES string of the molecule is CN(C)c1ccc(C=Cc2ccc3ccccc3n2)cc1. The molecule has 0 aliphatic rings. The molecule has 0 radical (unpaired) electrons. The summed E-state index contributed by atoms with van der Waals surface area (Å²) in [5, 5.41) is 1.17. The van der Waals surface area contributed by atoms with E-state index in [2.05, 4.69) is 58.4 Å². The highest BCUT2D eigenvalue weighted by Gasteiger charge is 1.96. The maximum Gasteiger partial charge on any atom is 0.0709 e. The van der Waals surface area contributed by atoms with Crippen molar-refractivity contribution in [2.75, 3.05) is 19.0 Å². The van der Waals surface area contributed by atoms with E-state index >= 15 is 0 Å². The molecule has 2 heteroatoms. The molecule has 2 aromatic carbocycles. The van der Waals surface area contributed by atoms with Crippen molar-refractivity contribution in [1.29, 1.82) is 0 Å². The van der Waals surface area contributed by atoms with Crippen LogP contribution in [0.1, 0.15) is 11.3 Å². The second-order valence-electron chi connectivity index (χ2n) is 5.25. The maximum atomic E-state index is 4.64. The molecule has 0 aliphatic heterocycles. The van der Waals surface area contributed by atoms with Gasteiger partial charge in [0, 0.05) is 25.2 Å². The number of pyridine rings is 1. The molecule has 3 aromatic rings. The van der Waals surface area contributed by atoms with Crippen LogP contribution >= 0.6 is 0 Å². The largest absolute Gasteiger partial charge is 0.378 e. The van der Waals surface area contributed by atoms with Crippen molar-refractivity contribution in [2.24, 2.45) is 0 Å². The topological polar surface area (TPSA) is 16.1 Å². The monoisotopic (exact) mass is 274 g/mol. The minimum absolute atomic E-state index is 0.977. The minimum Gasteiger partial charge on any atom is -0.378 e. The number of para-hydroxylation sites is 1. The molecule has 0 atom stereocenters. The summed E-state index contributed by atoms with van der Waals surface area (Å²) < 4.78 is 0. The zero-order valence-corrected chi connectivity index (χ0v) is 12.3. The van der Waals surface area contributed by atoms with Gasteiger partial charge in [-0.05, 0) is 35.9 Å².